The molecule has 2 aromatic rings. The van der Waals surface area contributed by atoms with E-state index in [0.29, 0.717) is 50.2 Å². The second-order valence-corrected chi connectivity index (χ2v) is 14.6. The summed E-state index contributed by atoms with van der Waals surface area (Å²) >= 11 is 1.56. The lowest BCUT2D eigenvalue weighted by molar-refractivity contribution is -0.136. The molecule has 0 aliphatic carbocycles. The second-order valence-electron chi connectivity index (χ2n) is 13.5. The van der Waals surface area contributed by atoms with Gasteiger partial charge in [0, 0.05) is 41.7 Å². The van der Waals surface area contributed by atoms with Gasteiger partial charge in [0.2, 0.25) is 35.4 Å². The maximum Gasteiger partial charge on any atom is 0.243 e. The SMILES string of the molecule is CC[C@@H](C)C1NC(=O)[C@H]([C@@H](C)CC)NC(=O)[C@@H](Cc2c[nH]c3ccccc23)NC(=O)CCCSC[C@H](CCCN)NC(=O)[C@H](CC(N)=O)NC1=O. The largest absolute Gasteiger partial charge is 0.370 e. The summed E-state index contributed by atoms with van der Waals surface area (Å²) in [5.74, 6) is -3.00. The molecule has 10 N–H and O–H groups in total. The Bertz CT molecular complexity index is 1500. The maximum atomic E-state index is 14.0. The molecular formula is C36H56N8O6S. The molecule has 7 atom stereocenters. The van der Waals surface area contributed by atoms with Crippen molar-refractivity contribution < 1.29 is 28.8 Å². The molecule has 0 spiro atoms. The first-order chi connectivity index (χ1) is 24.4. The van der Waals surface area contributed by atoms with Crippen LogP contribution in [-0.2, 0) is 35.2 Å². The average molecular weight is 729 g/mol. The molecule has 15 heteroatoms. The topological polar surface area (TPSA) is 230 Å². The molecule has 1 saturated heterocycles. The van der Waals surface area contributed by atoms with Gasteiger partial charge in [-0.25, -0.2) is 0 Å². The molecule has 1 aliphatic rings. The van der Waals surface area contributed by atoms with E-state index in [1.165, 1.54) is 0 Å². The van der Waals surface area contributed by atoms with Crippen molar-refractivity contribution in [1.29, 1.82) is 0 Å². The molecule has 0 radical (unpaired) electrons. The monoisotopic (exact) mass is 728 g/mol. The van der Waals surface area contributed by atoms with E-state index in [9.17, 15) is 28.8 Å². The van der Waals surface area contributed by atoms with Crippen LogP contribution in [-0.4, -0.2) is 88.7 Å². The number of benzene rings is 1. The van der Waals surface area contributed by atoms with E-state index < -0.39 is 60.1 Å². The van der Waals surface area contributed by atoms with Gasteiger partial charge in [0.25, 0.3) is 0 Å². The number of hydrogen-bond donors (Lipinski definition) is 8. The van der Waals surface area contributed by atoms with Crippen molar-refractivity contribution in [2.24, 2.45) is 23.3 Å². The fourth-order valence-electron chi connectivity index (χ4n) is 5.99. The zero-order chi connectivity index (χ0) is 37.5. The van der Waals surface area contributed by atoms with Gasteiger partial charge in [0.1, 0.15) is 24.2 Å². The number of nitrogens with two attached hydrogens (primary N) is 2. The van der Waals surface area contributed by atoms with Crippen LogP contribution < -0.4 is 38.1 Å². The third kappa shape index (κ3) is 12.6. The Balaban J connectivity index is 1.98. The zero-order valence-electron chi connectivity index (χ0n) is 30.2. The minimum Gasteiger partial charge on any atom is -0.370 e. The predicted molar refractivity (Wildman–Crippen MR) is 199 cm³/mol. The molecule has 0 saturated carbocycles. The van der Waals surface area contributed by atoms with Gasteiger partial charge >= 0.3 is 0 Å². The first-order valence-electron chi connectivity index (χ1n) is 18.0. The number of thioether (sulfide) groups is 1. The molecule has 1 fully saturated rings. The fourth-order valence-corrected chi connectivity index (χ4v) is 7.04. The van der Waals surface area contributed by atoms with E-state index in [4.69, 9.17) is 11.5 Å². The number of rotatable bonds is 11. The van der Waals surface area contributed by atoms with Crippen LogP contribution >= 0.6 is 11.8 Å². The number of primary amides is 1. The van der Waals surface area contributed by atoms with Gasteiger partial charge in [-0.3, -0.25) is 28.8 Å². The molecule has 1 unspecified atom stereocenters. The predicted octanol–water partition coefficient (Wildman–Crippen LogP) is 1.37. The van der Waals surface area contributed by atoms with Gasteiger partial charge in [0.05, 0.1) is 6.42 Å². The quantitative estimate of drug-likeness (QED) is 0.168. The third-order valence-corrected chi connectivity index (χ3v) is 10.7. The van der Waals surface area contributed by atoms with Gasteiger partial charge in [0.15, 0.2) is 0 Å². The van der Waals surface area contributed by atoms with Gasteiger partial charge in [-0.1, -0.05) is 58.7 Å². The van der Waals surface area contributed by atoms with Crippen LogP contribution in [0.15, 0.2) is 30.5 Å². The fraction of sp³-hybridized carbons (Fsp3) is 0.611. The highest BCUT2D eigenvalue weighted by atomic mass is 32.2. The van der Waals surface area contributed by atoms with Crippen molar-refractivity contribution in [3.05, 3.63) is 36.0 Å². The second kappa shape index (κ2) is 20.7. The number of aromatic amines is 1. The lowest BCUT2D eigenvalue weighted by Gasteiger charge is -2.31. The van der Waals surface area contributed by atoms with Gasteiger partial charge in [-0.2, -0.15) is 11.8 Å². The number of nitrogens with one attached hydrogen (secondary N) is 6. The summed E-state index contributed by atoms with van der Waals surface area (Å²) < 4.78 is 0. The number of para-hydroxylation sites is 1. The van der Waals surface area contributed by atoms with E-state index >= 15 is 0 Å². The van der Waals surface area contributed by atoms with Crippen LogP contribution in [0, 0.1) is 11.8 Å². The summed E-state index contributed by atoms with van der Waals surface area (Å²) in [5.41, 5.74) is 13.0. The van der Waals surface area contributed by atoms with Crippen molar-refractivity contribution >= 4 is 58.1 Å². The van der Waals surface area contributed by atoms with Crippen molar-refractivity contribution in [2.75, 3.05) is 18.1 Å². The highest BCUT2D eigenvalue weighted by molar-refractivity contribution is 7.99. The van der Waals surface area contributed by atoms with Crippen molar-refractivity contribution in [3.63, 3.8) is 0 Å². The van der Waals surface area contributed by atoms with Crippen LogP contribution in [0.1, 0.15) is 78.2 Å². The standard InChI is InChI=1S/C36H56N8O6S/c1-5-21(3)31-35(49)42-28(18-29(38)45)33(47)40-24(11-9-15-37)20-51-16-10-14-30(46)41-27(17-23-19-39-26-13-8-7-12-25(23)26)34(48)43-32(22(4)6-2)36(50)44-31/h7-8,12-13,19,21-22,24,27-28,31-32,39H,5-6,9-11,14-18,20,37H2,1-4H3,(H2,38,45)(H,40,47)(H,41,46)(H,42,49)(H,43,48)(H,44,50)/t21-,22+,24+,27-,28+,31?,32+/m1/s1. The Morgan fingerprint density at radius 2 is 1.49 bits per heavy atom. The average Bonchev–Trinajstić information content (AvgIpc) is 3.51. The lowest BCUT2D eigenvalue weighted by atomic mass is 9.94. The normalized spacial score (nSPS) is 24.7. The number of carbonyl (C=O) groups is 6. The number of fused-ring (bicyclic) bond motifs is 1. The number of carbonyl (C=O) groups excluding carboxylic acids is 6. The third-order valence-electron chi connectivity index (χ3n) is 9.49. The molecular weight excluding hydrogens is 673 g/mol. The molecule has 14 nitrogen and oxygen atoms in total. The van der Waals surface area contributed by atoms with E-state index in [1.807, 2.05) is 51.2 Å². The molecule has 2 heterocycles. The maximum absolute atomic E-state index is 14.0. The molecule has 0 bridgehead atoms. The Kier molecular flexibility index (Phi) is 16.7. The van der Waals surface area contributed by atoms with Crippen molar-refractivity contribution in [2.45, 2.75) is 109 Å². The highest BCUT2D eigenvalue weighted by Crippen LogP contribution is 2.20. The van der Waals surface area contributed by atoms with E-state index in [2.05, 4.69) is 31.6 Å². The van der Waals surface area contributed by atoms with Crippen LogP contribution in [0.4, 0.5) is 0 Å². The van der Waals surface area contributed by atoms with Gasteiger partial charge < -0.3 is 43.0 Å². The summed E-state index contributed by atoms with van der Waals surface area (Å²) in [6.07, 6.45) is 4.50. The first kappa shape index (κ1) is 41.3. The number of amides is 6. The van der Waals surface area contributed by atoms with Crippen LogP contribution in [0.2, 0.25) is 0 Å². The lowest BCUT2D eigenvalue weighted by Crippen LogP contribution is -2.61. The molecule has 51 heavy (non-hydrogen) atoms. The van der Waals surface area contributed by atoms with E-state index in [0.717, 1.165) is 16.5 Å². The minimum absolute atomic E-state index is 0.170. The summed E-state index contributed by atoms with van der Waals surface area (Å²) in [5, 5.41) is 15.1. The number of H-pyrrole nitrogens is 1. The molecule has 1 aliphatic heterocycles. The Morgan fingerprint density at radius 1 is 0.863 bits per heavy atom. The summed E-state index contributed by atoms with van der Waals surface area (Å²) in [7, 11) is 0. The molecule has 3 rings (SSSR count). The Morgan fingerprint density at radius 3 is 2.14 bits per heavy atom. The minimum atomic E-state index is -1.27. The molecule has 282 valence electrons. The molecule has 1 aromatic carbocycles. The van der Waals surface area contributed by atoms with Crippen molar-refractivity contribution in [3.8, 4) is 0 Å². The first-order valence-corrected chi connectivity index (χ1v) is 19.2. The van der Waals surface area contributed by atoms with Gasteiger partial charge in [-0.05, 0) is 55.0 Å². The zero-order valence-corrected chi connectivity index (χ0v) is 31.0. The summed E-state index contributed by atoms with van der Waals surface area (Å²) in [4.78, 5) is 83.8. The van der Waals surface area contributed by atoms with Crippen LogP contribution in [0.5, 0.6) is 0 Å². The summed E-state index contributed by atoms with van der Waals surface area (Å²) in [6, 6.07) is 2.98. The Hall–Kier alpha value is -4.11. The van der Waals surface area contributed by atoms with Crippen LogP contribution in [0.3, 0.4) is 0 Å². The highest BCUT2D eigenvalue weighted by Gasteiger charge is 2.36. The number of aromatic nitrogens is 1. The Labute approximate surface area is 304 Å². The molecule has 6 amide bonds. The van der Waals surface area contributed by atoms with Gasteiger partial charge in [-0.15, -0.1) is 0 Å². The van der Waals surface area contributed by atoms with Crippen molar-refractivity contribution in [1.82, 2.24) is 31.6 Å². The van der Waals surface area contributed by atoms with Crippen LogP contribution in [0.25, 0.3) is 10.9 Å². The smallest absolute Gasteiger partial charge is 0.243 e. The summed E-state index contributed by atoms with van der Waals surface area (Å²) in [6.45, 7) is 7.77. The van der Waals surface area contributed by atoms with E-state index in [-0.39, 0.29) is 36.6 Å². The molecule has 1 aromatic heterocycles. The number of hydrogen-bond acceptors (Lipinski definition) is 8. The van der Waals surface area contributed by atoms with E-state index in [1.54, 1.807) is 18.7 Å².